The largest absolute Gasteiger partial charge is 1.00 e. The molecule has 0 spiro atoms. The van der Waals surface area contributed by atoms with Crippen molar-refractivity contribution in [3.8, 4) is 11.1 Å². The third kappa shape index (κ3) is 7.90. The van der Waals surface area contributed by atoms with Crippen LogP contribution in [0.3, 0.4) is 0 Å². The van der Waals surface area contributed by atoms with Crippen LogP contribution in [0.5, 0.6) is 0 Å². The Morgan fingerprint density at radius 1 is 0.810 bits per heavy atom. The van der Waals surface area contributed by atoms with Crippen LogP contribution in [0, 0.1) is 35.3 Å². The molecule has 0 aliphatic heterocycles. The summed E-state index contributed by atoms with van der Waals surface area (Å²) in [5.74, 6) is 3.23. The first-order valence-electron chi connectivity index (χ1n) is 15.7. The van der Waals surface area contributed by atoms with Crippen molar-refractivity contribution < 1.29 is 49.0 Å². The molecule has 0 saturated heterocycles. The molecule has 42 heavy (non-hydrogen) atoms. The van der Waals surface area contributed by atoms with Crippen LogP contribution in [0.1, 0.15) is 123 Å². The van der Waals surface area contributed by atoms with Crippen LogP contribution in [0.15, 0.2) is 48.1 Å². The Bertz CT molecular complexity index is 1230. The van der Waals surface area contributed by atoms with Crippen molar-refractivity contribution in [2.45, 2.75) is 118 Å². The molecule has 0 unspecified atom stereocenters. The van der Waals surface area contributed by atoms with Gasteiger partial charge in [-0.15, -0.1) is 12.0 Å². The minimum absolute atomic E-state index is 0. The van der Waals surface area contributed by atoms with Gasteiger partial charge in [-0.05, 0) is 54.4 Å². The number of benzene rings is 2. The molecular formula is C39H50Cl2Zr-2. The van der Waals surface area contributed by atoms with E-state index in [1.807, 2.05) is 0 Å². The van der Waals surface area contributed by atoms with E-state index in [1.165, 1.54) is 55.8 Å². The van der Waals surface area contributed by atoms with Gasteiger partial charge in [0.15, 0.2) is 0 Å². The molecular weight excluding hydrogens is 631 g/mol. The van der Waals surface area contributed by atoms with Crippen LogP contribution in [0.2, 0.25) is 0 Å². The molecule has 4 fully saturated rings. The number of allylic oxidation sites excluding steroid dienone is 4. The predicted molar refractivity (Wildman–Crippen MR) is 168 cm³/mol. The van der Waals surface area contributed by atoms with Crippen molar-refractivity contribution in [2.24, 2.45) is 23.2 Å². The van der Waals surface area contributed by atoms with E-state index in [1.54, 1.807) is 49.1 Å². The smallest absolute Gasteiger partial charge is 0.0415 e. The van der Waals surface area contributed by atoms with E-state index in [0.717, 1.165) is 30.6 Å². The molecule has 0 atom stereocenters. The molecule has 0 aromatic heterocycles. The topological polar surface area (TPSA) is 0 Å². The predicted octanol–water partition coefficient (Wildman–Crippen LogP) is 4.30. The molecule has 3 heteroatoms. The zero-order valence-electron chi connectivity index (χ0n) is 27.2. The Balaban J connectivity index is 0.000000202. The van der Waals surface area contributed by atoms with Gasteiger partial charge in [-0.25, -0.2) is 6.08 Å². The Morgan fingerprint density at radius 2 is 1.33 bits per heavy atom. The van der Waals surface area contributed by atoms with E-state index in [4.69, 9.17) is 0 Å². The van der Waals surface area contributed by atoms with E-state index in [-0.39, 0.29) is 35.6 Å². The zero-order valence-corrected chi connectivity index (χ0v) is 31.2. The molecule has 4 saturated carbocycles. The van der Waals surface area contributed by atoms with Crippen molar-refractivity contribution in [1.29, 1.82) is 0 Å². The number of rotatable bonds is 1. The van der Waals surface area contributed by atoms with Gasteiger partial charge in [0.2, 0.25) is 0 Å². The molecule has 0 amide bonds. The van der Waals surface area contributed by atoms with Gasteiger partial charge in [-0.2, -0.15) is 41.0 Å². The molecule has 6 aliphatic carbocycles. The van der Waals surface area contributed by atoms with Crippen LogP contribution in [-0.2, 0) is 41.5 Å². The molecule has 8 rings (SSSR count). The molecule has 4 bridgehead atoms. The summed E-state index contributed by atoms with van der Waals surface area (Å²) in [6.07, 6.45) is 19.4. The second-order valence-corrected chi connectivity index (χ2v) is 18.2. The summed E-state index contributed by atoms with van der Waals surface area (Å²) in [5.41, 5.74) is 11.1. The molecule has 0 N–H and O–H groups in total. The summed E-state index contributed by atoms with van der Waals surface area (Å²) in [5, 5.41) is 0. The molecule has 0 heterocycles. The van der Waals surface area contributed by atoms with Crippen molar-refractivity contribution in [2.75, 3.05) is 0 Å². The van der Waals surface area contributed by atoms with Crippen molar-refractivity contribution in [1.82, 2.24) is 0 Å². The first-order valence-corrected chi connectivity index (χ1v) is 16.9. The van der Waals surface area contributed by atoms with Gasteiger partial charge in [0.25, 0.3) is 0 Å². The monoisotopic (exact) mass is 678 g/mol. The average molecular weight is 681 g/mol. The van der Waals surface area contributed by atoms with Gasteiger partial charge in [-0.3, -0.25) is 6.08 Å². The number of fused-ring (bicyclic) bond motifs is 3. The van der Waals surface area contributed by atoms with E-state index >= 15 is 0 Å². The van der Waals surface area contributed by atoms with E-state index in [2.05, 4.69) is 110 Å². The zero-order chi connectivity index (χ0) is 28.9. The molecule has 226 valence electrons. The van der Waals surface area contributed by atoms with E-state index < -0.39 is 0 Å². The van der Waals surface area contributed by atoms with Gasteiger partial charge in [0.05, 0.1) is 0 Å². The third-order valence-corrected chi connectivity index (χ3v) is 9.87. The maximum atomic E-state index is 3.53. The standard InChI is InChI=1S/C21H25.C15H19.C3H6.2ClH.Zr/c1-20(2,3)16-9-7-14-11-15-8-10-17(21(4,5)6)13-19(15)18(14)12-16;1-2-4-14(3-1)15-8-11-5-12(9-15)7-13(6-11)10-15;1-3-2;;;/h7,9-10,12-13H,11H2,1-6H3;3-4,11-13H,1,5-10H2;1-2H3;2*1H;/q2*-1;;;;+2/p-2. The summed E-state index contributed by atoms with van der Waals surface area (Å²) in [4.78, 5) is 0. The maximum absolute atomic E-state index is 3.53. The molecule has 0 radical (unpaired) electrons. The second-order valence-electron chi connectivity index (χ2n) is 15.7. The minimum Gasteiger partial charge on any atom is -1.00 e. The Labute approximate surface area is 284 Å². The van der Waals surface area contributed by atoms with Crippen LogP contribution in [0.4, 0.5) is 0 Å². The number of halogens is 2. The van der Waals surface area contributed by atoms with Crippen molar-refractivity contribution in [3.05, 3.63) is 82.5 Å². The summed E-state index contributed by atoms with van der Waals surface area (Å²) >= 11 is 1.55. The summed E-state index contributed by atoms with van der Waals surface area (Å²) in [7, 11) is 0. The fourth-order valence-electron chi connectivity index (χ4n) is 8.22. The van der Waals surface area contributed by atoms with Crippen LogP contribution in [0.25, 0.3) is 11.1 Å². The van der Waals surface area contributed by atoms with Crippen LogP contribution >= 0.6 is 0 Å². The average Bonchev–Trinajstić information content (AvgIpc) is 3.50. The van der Waals surface area contributed by atoms with Gasteiger partial charge in [0.1, 0.15) is 0 Å². The molecule has 2 aromatic rings. The van der Waals surface area contributed by atoms with E-state index in [0.29, 0.717) is 5.41 Å². The van der Waals surface area contributed by atoms with Crippen molar-refractivity contribution in [3.63, 3.8) is 0 Å². The SMILES string of the molecule is CC(C)(C)c1c[c-]c2c(c1)-c1cc(C(C)(C)C)ccc1C2.C[C](C)=[Zr+2].[C-]1=CC(C23CC4CC(CC(C4)C2)C3)=CC1.[Cl-].[Cl-]. The normalized spacial score (nSPS) is 26.0. The Morgan fingerprint density at radius 3 is 1.81 bits per heavy atom. The summed E-state index contributed by atoms with van der Waals surface area (Å²) in [6, 6.07) is 15.1. The third-order valence-electron chi connectivity index (χ3n) is 9.87. The van der Waals surface area contributed by atoms with Gasteiger partial charge in [-0.1, -0.05) is 101 Å². The van der Waals surface area contributed by atoms with Crippen LogP contribution < -0.4 is 24.8 Å². The number of hydrogen-bond acceptors (Lipinski definition) is 0. The molecule has 2 aromatic carbocycles. The summed E-state index contributed by atoms with van der Waals surface area (Å²) in [6.45, 7) is 17.9. The number of hydrogen-bond donors (Lipinski definition) is 0. The minimum atomic E-state index is 0. The molecule has 6 aliphatic rings. The maximum Gasteiger partial charge on any atom is -0.0415 e. The first kappa shape index (κ1) is 35.7. The second kappa shape index (κ2) is 13.7. The first-order chi connectivity index (χ1) is 18.7. The van der Waals surface area contributed by atoms with E-state index in [9.17, 15) is 0 Å². The van der Waals surface area contributed by atoms with Crippen LogP contribution in [-0.4, -0.2) is 3.21 Å². The quantitative estimate of drug-likeness (QED) is 0.337. The molecule has 0 nitrogen and oxygen atoms in total. The fraction of sp³-hybridized carbons (Fsp3) is 0.564. The fourth-order valence-corrected chi connectivity index (χ4v) is 8.22. The van der Waals surface area contributed by atoms with Gasteiger partial charge >= 0.3 is 41.3 Å². The summed E-state index contributed by atoms with van der Waals surface area (Å²) < 4.78 is 1.51. The Hall–Kier alpha value is -0.747. The van der Waals surface area contributed by atoms with Gasteiger partial charge < -0.3 is 24.8 Å². The van der Waals surface area contributed by atoms with Crippen molar-refractivity contribution >= 4 is 3.21 Å². The van der Waals surface area contributed by atoms with Gasteiger partial charge in [0, 0.05) is 0 Å². The Kier molecular flexibility index (Phi) is 11.7.